The van der Waals surface area contributed by atoms with Crippen LogP contribution in [-0.2, 0) is 0 Å². The van der Waals surface area contributed by atoms with Crippen LogP contribution in [-0.4, -0.2) is 34.0 Å². The number of rotatable bonds is 2. The van der Waals surface area contributed by atoms with Crippen molar-refractivity contribution >= 4 is 5.97 Å². The van der Waals surface area contributed by atoms with E-state index in [1.54, 1.807) is 24.3 Å². The van der Waals surface area contributed by atoms with Crippen molar-refractivity contribution in [1.82, 2.24) is 0 Å². The molecule has 3 N–H and O–H groups in total. The summed E-state index contributed by atoms with van der Waals surface area (Å²) in [5.74, 6) is -0.875. The summed E-state index contributed by atoms with van der Waals surface area (Å²) in [6.45, 7) is 3.31. The molecule has 0 saturated heterocycles. The maximum Gasteiger partial charge on any atom is 0.335 e. The zero-order chi connectivity index (χ0) is 11.8. The van der Waals surface area contributed by atoms with Gasteiger partial charge in [-0.05, 0) is 26.0 Å². The zero-order valence-electron chi connectivity index (χ0n) is 8.84. The van der Waals surface area contributed by atoms with Gasteiger partial charge in [0.1, 0.15) is 0 Å². The highest BCUT2D eigenvalue weighted by atomic mass is 16.4. The fourth-order valence-corrected chi connectivity index (χ4v) is 0.696. The van der Waals surface area contributed by atoms with E-state index < -0.39 is 12.1 Å². The van der Waals surface area contributed by atoms with Crippen molar-refractivity contribution in [3.63, 3.8) is 0 Å². The lowest BCUT2D eigenvalue weighted by molar-refractivity contribution is 0.0697. The third-order valence-electron chi connectivity index (χ3n) is 1.56. The molecule has 1 unspecified atom stereocenters. The van der Waals surface area contributed by atoms with Gasteiger partial charge in [-0.25, -0.2) is 4.79 Å². The normalized spacial score (nSPS) is 11.2. The molecule has 0 bridgehead atoms. The van der Waals surface area contributed by atoms with E-state index in [1.165, 1.54) is 6.92 Å². The largest absolute Gasteiger partial charge is 0.478 e. The summed E-state index contributed by atoms with van der Waals surface area (Å²) in [7, 11) is 0. The third-order valence-corrected chi connectivity index (χ3v) is 1.56. The lowest BCUT2D eigenvalue weighted by atomic mass is 10.2. The van der Waals surface area contributed by atoms with Gasteiger partial charge in [-0.1, -0.05) is 17.7 Å². The van der Waals surface area contributed by atoms with Crippen LogP contribution in [0.5, 0.6) is 0 Å². The Morgan fingerprint density at radius 1 is 1.33 bits per heavy atom. The molecule has 0 heterocycles. The minimum atomic E-state index is -0.875. The first-order valence-corrected chi connectivity index (χ1v) is 4.56. The molecule has 4 nitrogen and oxygen atoms in total. The maximum absolute atomic E-state index is 10.3. The second-order valence-electron chi connectivity index (χ2n) is 3.20. The Hall–Kier alpha value is -1.39. The molecule has 0 aliphatic heterocycles. The van der Waals surface area contributed by atoms with Gasteiger partial charge in [0.25, 0.3) is 0 Å². The van der Waals surface area contributed by atoms with Crippen LogP contribution in [0.25, 0.3) is 0 Å². The lowest BCUT2D eigenvalue weighted by Crippen LogP contribution is -2.03. The molecule has 0 radical (unpaired) electrons. The van der Waals surface area contributed by atoms with Crippen molar-refractivity contribution < 1.29 is 20.1 Å². The van der Waals surface area contributed by atoms with Gasteiger partial charge in [0, 0.05) is 0 Å². The van der Waals surface area contributed by atoms with Crippen LogP contribution in [0.2, 0.25) is 0 Å². The van der Waals surface area contributed by atoms with Crippen LogP contribution in [0.1, 0.15) is 22.8 Å². The SMILES string of the molecule is CC(O)CO.Cc1ccc(C(=O)O)cc1. The van der Waals surface area contributed by atoms with Crippen molar-refractivity contribution in [3.8, 4) is 0 Å². The first-order chi connectivity index (χ1) is 6.97. The number of carbonyl (C=O) groups is 1. The number of hydrogen-bond acceptors (Lipinski definition) is 3. The molecule has 0 fully saturated rings. The Bertz CT molecular complexity index is 290. The van der Waals surface area contributed by atoms with Gasteiger partial charge in [-0.3, -0.25) is 0 Å². The summed E-state index contributed by atoms with van der Waals surface area (Å²) >= 11 is 0. The number of aryl methyl sites for hydroxylation is 1. The third kappa shape index (κ3) is 6.65. The van der Waals surface area contributed by atoms with Crippen LogP contribution >= 0.6 is 0 Å². The number of benzene rings is 1. The van der Waals surface area contributed by atoms with Gasteiger partial charge in [0.2, 0.25) is 0 Å². The average molecular weight is 212 g/mol. The molecule has 0 aromatic heterocycles. The highest BCUT2D eigenvalue weighted by molar-refractivity contribution is 5.87. The molecule has 1 rings (SSSR count). The van der Waals surface area contributed by atoms with Crippen molar-refractivity contribution in [2.75, 3.05) is 6.61 Å². The topological polar surface area (TPSA) is 77.8 Å². The van der Waals surface area contributed by atoms with Crippen LogP contribution in [0.15, 0.2) is 24.3 Å². The van der Waals surface area contributed by atoms with Crippen LogP contribution in [0.4, 0.5) is 0 Å². The molecule has 84 valence electrons. The van der Waals surface area contributed by atoms with E-state index in [0.717, 1.165) is 5.56 Å². The van der Waals surface area contributed by atoms with Crippen molar-refractivity contribution in [3.05, 3.63) is 35.4 Å². The standard InChI is InChI=1S/C8H8O2.C3H8O2/c1-6-2-4-7(5-3-6)8(9)10;1-3(5)2-4/h2-5H,1H3,(H,9,10);3-5H,2H2,1H3. The second-order valence-corrected chi connectivity index (χ2v) is 3.20. The average Bonchev–Trinajstić information content (AvgIpc) is 2.19. The molecule has 15 heavy (non-hydrogen) atoms. The molecule has 0 aliphatic carbocycles. The highest BCUT2D eigenvalue weighted by Crippen LogP contribution is 2.01. The fourth-order valence-electron chi connectivity index (χ4n) is 0.696. The molecular weight excluding hydrogens is 196 g/mol. The van der Waals surface area contributed by atoms with Gasteiger partial charge < -0.3 is 15.3 Å². The molecule has 1 atom stereocenters. The van der Waals surface area contributed by atoms with Crippen LogP contribution < -0.4 is 0 Å². The van der Waals surface area contributed by atoms with Gasteiger partial charge in [-0.15, -0.1) is 0 Å². The predicted molar refractivity (Wildman–Crippen MR) is 56.9 cm³/mol. The minimum absolute atomic E-state index is 0.139. The predicted octanol–water partition coefficient (Wildman–Crippen LogP) is 1.05. The first-order valence-electron chi connectivity index (χ1n) is 4.56. The van der Waals surface area contributed by atoms with E-state index >= 15 is 0 Å². The summed E-state index contributed by atoms with van der Waals surface area (Å²) in [4.78, 5) is 10.3. The molecule has 0 spiro atoms. The molecule has 1 aromatic rings. The number of hydrogen-bond donors (Lipinski definition) is 3. The van der Waals surface area contributed by atoms with E-state index in [2.05, 4.69) is 0 Å². The Morgan fingerprint density at radius 2 is 1.73 bits per heavy atom. The zero-order valence-corrected chi connectivity index (χ0v) is 8.84. The summed E-state index contributed by atoms with van der Waals surface area (Å²) in [6.07, 6.45) is -0.560. The van der Waals surface area contributed by atoms with Gasteiger partial charge in [0.05, 0.1) is 18.3 Å². The summed E-state index contributed by atoms with van der Waals surface area (Å²) in [5, 5.41) is 24.5. The molecule has 1 aromatic carbocycles. The fraction of sp³-hybridized carbons (Fsp3) is 0.364. The lowest BCUT2D eigenvalue weighted by Gasteiger charge is -1.92. The summed E-state index contributed by atoms with van der Waals surface area (Å²) in [6, 6.07) is 6.75. The molecule has 0 saturated carbocycles. The number of aliphatic hydroxyl groups excluding tert-OH is 2. The number of aromatic carboxylic acids is 1. The number of carboxylic acid groups (broad SMARTS) is 1. The second kappa shape index (κ2) is 6.98. The van der Waals surface area contributed by atoms with E-state index in [-0.39, 0.29) is 6.61 Å². The molecular formula is C11H16O4. The Balaban J connectivity index is 0.000000336. The van der Waals surface area contributed by atoms with E-state index in [9.17, 15) is 4.79 Å². The van der Waals surface area contributed by atoms with E-state index in [0.29, 0.717) is 5.56 Å². The maximum atomic E-state index is 10.3. The minimum Gasteiger partial charge on any atom is -0.478 e. The molecule has 0 amide bonds. The molecule has 0 aliphatic rings. The van der Waals surface area contributed by atoms with E-state index in [1.807, 2.05) is 6.92 Å². The molecule has 4 heteroatoms. The van der Waals surface area contributed by atoms with Gasteiger partial charge >= 0.3 is 5.97 Å². The van der Waals surface area contributed by atoms with Crippen molar-refractivity contribution in [1.29, 1.82) is 0 Å². The smallest absolute Gasteiger partial charge is 0.335 e. The van der Waals surface area contributed by atoms with Gasteiger partial charge in [0.15, 0.2) is 0 Å². The Labute approximate surface area is 88.8 Å². The quantitative estimate of drug-likeness (QED) is 0.684. The highest BCUT2D eigenvalue weighted by Gasteiger charge is 1.98. The van der Waals surface area contributed by atoms with Gasteiger partial charge in [-0.2, -0.15) is 0 Å². The van der Waals surface area contributed by atoms with Crippen LogP contribution in [0, 0.1) is 6.92 Å². The van der Waals surface area contributed by atoms with Crippen molar-refractivity contribution in [2.45, 2.75) is 20.0 Å². The van der Waals surface area contributed by atoms with Crippen LogP contribution in [0.3, 0.4) is 0 Å². The summed E-state index contributed by atoms with van der Waals surface area (Å²) in [5.41, 5.74) is 1.41. The number of carboxylic acids is 1. The first kappa shape index (κ1) is 13.6. The monoisotopic (exact) mass is 212 g/mol. The Kier molecular flexibility index (Phi) is 6.33. The Morgan fingerprint density at radius 3 is 2.00 bits per heavy atom. The van der Waals surface area contributed by atoms with Crippen molar-refractivity contribution in [2.24, 2.45) is 0 Å². The summed E-state index contributed by atoms with van der Waals surface area (Å²) < 4.78 is 0. The number of aliphatic hydroxyl groups is 2. The van der Waals surface area contributed by atoms with E-state index in [4.69, 9.17) is 15.3 Å².